The normalized spacial score (nSPS) is 34.2. The summed E-state index contributed by atoms with van der Waals surface area (Å²) in [5.41, 5.74) is 5.42. The number of nitrogens with zero attached hydrogens (tertiary/aromatic N) is 2. The summed E-state index contributed by atoms with van der Waals surface area (Å²) in [5.74, 6) is 0.653. The highest BCUT2D eigenvalue weighted by Gasteiger charge is 2.45. The number of carbonyl (C=O) groups is 2. The summed E-state index contributed by atoms with van der Waals surface area (Å²) in [4.78, 5) is 28.2. The lowest BCUT2D eigenvalue weighted by Crippen LogP contribution is -2.50. The molecule has 6 nitrogen and oxygen atoms in total. The summed E-state index contributed by atoms with van der Waals surface area (Å²) < 4.78 is 5.56. The highest BCUT2D eigenvalue weighted by molar-refractivity contribution is 5.79. The van der Waals surface area contributed by atoms with E-state index in [4.69, 9.17) is 10.5 Å². The van der Waals surface area contributed by atoms with Crippen LogP contribution in [-0.2, 0) is 9.53 Å². The van der Waals surface area contributed by atoms with Gasteiger partial charge in [0.25, 0.3) is 0 Å². The molecule has 2 bridgehead atoms. The Morgan fingerprint density at radius 3 is 2.35 bits per heavy atom. The van der Waals surface area contributed by atoms with Crippen molar-refractivity contribution in [2.24, 2.45) is 11.7 Å². The van der Waals surface area contributed by atoms with Gasteiger partial charge in [0.1, 0.15) is 5.60 Å². The van der Waals surface area contributed by atoms with Gasteiger partial charge in [0.15, 0.2) is 0 Å². The number of ether oxygens (including phenoxy) is 1. The van der Waals surface area contributed by atoms with E-state index < -0.39 is 5.60 Å². The number of rotatable bonds is 2. The van der Waals surface area contributed by atoms with E-state index >= 15 is 0 Å². The monoisotopic (exact) mass is 323 g/mol. The summed E-state index contributed by atoms with van der Waals surface area (Å²) >= 11 is 0. The smallest absolute Gasteiger partial charge is 0.410 e. The second-order valence-electron chi connectivity index (χ2n) is 8.37. The summed E-state index contributed by atoms with van der Waals surface area (Å²) in [5, 5.41) is 0. The van der Waals surface area contributed by atoms with Crippen LogP contribution in [0.5, 0.6) is 0 Å². The fourth-order valence-corrected chi connectivity index (χ4v) is 4.34. The fourth-order valence-electron chi connectivity index (χ4n) is 4.34. The van der Waals surface area contributed by atoms with Crippen molar-refractivity contribution in [1.82, 2.24) is 9.80 Å². The van der Waals surface area contributed by atoms with Gasteiger partial charge in [0.2, 0.25) is 5.91 Å². The quantitative estimate of drug-likeness (QED) is 0.839. The molecule has 130 valence electrons. The molecule has 23 heavy (non-hydrogen) atoms. The number of likely N-dealkylation sites (tertiary alicyclic amines) is 1. The molecule has 2 N–H and O–H groups in total. The molecule has 0 saturated carbocycles. The number of carbonyl (C=O) groups excluding carboxylic acids is 2. The van der Waals surface area contributed by atoms with E-state index in [2.05, 4.69) is 0 Å². The van der Waals surface area contributed by atoms with Crippen molar-refractivity contribution in [2.75, 3.05) is 13.1 Å². The average Bonchev–Trinajstić information content (AvgIpc) is 2.85. The van der Waals surface area contributed by atoms with Gasteiger partial charge in [-0.15, -0.1) is 0 Å². The Kier molecular flexibility index (Phi) is 4.29. The number of hydrogen-bond donors (Lipinski definition) is 1. The Morgan fingerprint density at radius 1 is 1.26 bits per heavy atom. The summed E-state index contributed by atoms with van der Waals surface area (Å²) in [6.07, 6.45) is 4.33. The maximum Gasteiger partial charge on any atom is 0.410 e. The average molecular weight is 323 g/mol. The van der Waals surface area contributed by atoms with Crippen molar-refractivity contribution < 1.29 is 14.3 Å². The first kappa shape index (κ1) is 16.6. The zero-order chi connectivity index (χ0) is 16.8. The second-order valence-corrected chi connectivity index (χ2v) is 8.37. The van der Waals surface area contributed by atoms with Gasteiger partial charge < -0.3 is 20.3 Å². The van der Waals surface area contributed by atoms with Crippen LogP contribution in [0.3, 0.4) is 0 Å². The van der Waals surface area contributed by atoms with E-state index in [1.807, 2.05) is 30.6 Å². The number of amides is 2. The summed E-state index contributed by atoms with van der Waals surface area (Å²) in [6, 6.07) is 0.515. The molecule has 6 heteroatoms. The minimum Gasteiger partial charge on any atom is -0.444 e. The van der Waals surface area contributed by atoms with Crippen molar-refractivity contribution in [2.45, 2.75) is 76.6 Å². The van der Waals surface area contributed by atoms with E-state index in [1.165, 1.54) is 0 Å². The number of nitrogens with two attached hydrogens (primary N) is 1. The Balaban J connectivity index is 1.59. The van der Waals surface area contributed by atoms with Crippen molar-refractivity contribution in [3.8, 4) is 0 Å². The third-order valence-corrected chi connectivity index (χ3v) is 5.16. The fraction of sp³-hybridized carbons (Fsp3) is 0.882. The molecule has 4 atom stereocenters. The van der Waals surface area contributed by atoms with Crippen LogP contribution in [0.1, 0.15) is 52.9 Å². The molecule has 3 aliphatic heterocycles. The number of fused-ring (bicyclic) bond motifs is 2. The molecular formula is C17H29N3O3. The lowest BCUT2D eigenvalue weighted by molar-refractivity contribution is -0.128. The number of hydrogen-bond acceptors (Lipinski definition) is 4. The van der Waals surface area contributed by atoms with Crippen LogP contribution in [-0.4, -0.2) is 58.6 Å². The predicted octanol–water partition coefficient (Wildman–Crippen LogP) is 1.72. The lowest BCUT2D eigenvalue weighted by Gasteiger charge is -2.40. The van der Waals surface area contributed by atoms with Gasteiger partial charge in [0, 0.05) is 37.6 Å². The van der Waals surface area contributed by atoms with Crippen LogP contribution >= 0.6 is 0 Å². The molecule has 0 aromatic heterocycles. The number of piperidine rings is 1. The molecule has 3 heterocycles. The van der Waals surface area contributed by atoms with Gasteiger partial charge in [-0.2, -0.15) is 0 Å². The molecule has 3 rings (SSSR count). The molecular weight excluding hydrogens is 294 g/mol. The first-order valence-corrected chi connectivity index (χ1v) is 8.77. The molecule has 3 fully saturated rings. The van der Waals surface area contributed by atoms with Crippen LogP contribution in [0.25, 0.3) is 0 Å². The van der Waals surface area contributed by atoms with E-state index in [1.54, 1.807) is 0 Å². The van der Waals surface area contributed by atoms with Gasteiger partial charge in [-0.1, -0.05) is 0 Å². The summed E-state index contributed by atoms with van der Waals surface area (Å²) in [7, 11) is 0. The van der Waals surface area contributed by atoms with Gasteiger partial charge in [0.05, 0.1) is 0 Å². The Labute approximate surface area is 138 Å². The van der Waals surface area contributed by atoms with Gasteiger partial charge in [-0.3, -0.25) is 4.79 Å². The van der Waals surface area contributed by atoms with Crippen molar-refractivity contribution in [3.05, 3.63) is 0 Å². The van der Waals surface area contributed by atoms with Crippen LogP contribution in [0, 0.1) is 5.92 Å². The lowest BCUT2D eigenvalue weighted by atomic mass is 9.90. The first-order valence-electron chi connectivity index (χ1n) is 8.77. The molecule has 0 aromatic rings. The second kappa shape index (κ2) is 5.96. The van der Waals surface area contributed by atoms with Crippen LogP contribution < -0.4 is 5.73 Å². The molecule has 3 saturated heterocycles. The molecule has 2 amide bonds. The van der Waals surface area contributed by atoms with E-state index in [9.17, 15) is 9.59 Å². The molecule has 0 spiro atoms. The van der Waals surface area contributed by atoms with Gasteiger partial charge in [-0.05, 0) is 52.4 Å². The minimum atomic E-state index is -0.453. The summed E-state index contributed by atoms with van der Waals surface area (Å²) in [6.45, 7) is 7.19. The SMILES string of the molecule is CC(C)(C)OC(=O)N1[C@@H]2CC[C@H]1CC(CN1CC(N)CC1=O)C2. The van der Waals surface area contributed by atoms with E-state index in [0.717, 1.165) is 32.2 Å². The third-order valence-electron chi connectivity index (χ3n) is 5.16. The van der Waals surface area contributed by atoms with Crippen LogP contribution in [0.4, 0.5) is 4.79 Å². The van der Waals surface area contributed by atoms with Crippen LogP contribution in [0.2, 0.25) is 0 Å². The van der Waals surface area contributed by atoms with Crippen molar-refractivity contribution >= 4 is 12.0 Å². The van der Waals surface area contributed by atoms with Crippen molar-refractivity contribution in [1.29, 1.82) is 0 Å². The van der Waals surface area contributed by atoms with E-state index in [0.29, 0.717) is 18.9 Å². The highest BCUT2D eigenvalue weighted by Crippen LogP contribution is 2.40. The molecule has 0 radical (unpaired) electrons. The highest BCUT2D eigenvalue weighted by atomic mass is 16.6. The standard InChI is InChI=1S/C17H29N3O3/c1-17(2,3)23-16(22)20-13-4-5-14(20)7-11(6-13)9-19-10-12(18)8-15(19)21/h11-14H,4-10,18H2,1-3H3/t11?,12?,13-,14+. The van der Waals surface area contributed by atoms with Gasteiger partial charge >= 0.3 is 6.09 Å². The Bertz CT molecular complexity index is 474. The molecule has 3 aliphatic rings. The minimum absolute atomic E-state index is 0.0129. The van der Waals surface area contributed by atoms with Crippen LogP contribution in [0.15, 0.2) is 0 Å². The third kappa shape index (κ3) is 3.62. The van der Waals surface area contributed by atoms with Crippen molar-refractivity contribution in [3.63, 3.8) is 0 Å². The Hall–Kier alpha value is -1.30. The predicted molar refractivity (Wildman–Crippen MR) is 86.8 cm³/mol. The molecule has 2 unspecified atom stereocenters. The maximum atomic E-state index is 12.4. The van der Waals surface area contributed by atoms with E-state index in [-0.39, 0.29) is 30.1 Å². The maximum absolute atomic E-state index is 12.4. The zero-order valence-corrected chi connectivity index (χ0v) is 14.5. The zero-order valence-electron chi connectivity index (χ0n) is 14.5. The topological polar surface area (TPSA) is 75.9 Å². The molecule has 0 aliphatic carbocycles. The molecule has 0 aromatic carbocycles. The largest absolute Gasteiger partial charge is 0.444 e. The first-order chi connectivity index (χ1) is 10.7. The Morgan fingerprint density at radius 2 is 1.87 bits per heavy atom. The van der Waals surface area contributed by atoms with Gasteiger partial charge in [-0.25, -0.2) is 4.79 Å².